The Bertz CT molecular complexity index is 977. The Balaban J connectivity index is 1.83. The third-order valence-electron chi connectivity index (χ3n) is 3.72. The number of rotatable bonds is 5. The molecule has 0 bridgehead atoms. The van der Waals surface area contributed by atoms with E-state index in [9.17, 15) is 9.59 Å². The number of furan rings is 1. The summed E-state index contributed by atoms with van der Waals surface area (Å²) in [7, 11) is 0. The summed E-state index contributed by atoms with van der Waals surface area (Å²) in [5, 5.41) is 5.44. The van der Waals surface area contributed by atoms with Crippen molar-refractivity contribution < 1.29 is 14.0 Å². The van der Waals surface area contributed by atoms with Crippen molar-refractivity contribution in [2.24, 2.45) is 0 Å². The van der Waals surface area contributed by atoms with Crippen molar-refractivity contribution in [2.75, 3.05) is 5.32 Å². The molecule has 0 saturated carbocycles. The number of halogens is 1. The van der Waals surface area contributed by atoms with Gasteiger partial charge in [-0.1, -0.05) is 39.7 Å². The zero-order chi connectivity index (χ0) is 19.2. The molecule has 1 heterocycles. The first kappa shape index (κ1) is 18.7. The van der Waals surface area contributed by atoms with Crippen LogP contribution in [0.2, 0.25) is 0 Å². The minimum absolute atomic E-state index is 0.0792. The van der Waals surface area contributed by atoms with Gasteiger partial charge in [-0.3, -0.25) is 9.59 Å². The van der Waals surface area contributed by atoms with Gasteiger partial charge in [0.05, 0.1) is 6.26 Å². The maximum absolute atomic E-state index is 12.7. The lowest BCUT2D eigenvalue weighted by Crippen LogP contribution is -2.30. The van der Waals surface area contributed by atoms with E-state index in [1.807, 2.05) is 25.1 Å². The van der Waals surface area contributed by atoms with E-state index in [0.29, 0.717) is 17.0 Å². The normalized spacial score (nSPS) is 11.1. The maximum Gasteiger partial charge on any atom is 0.272 e. The summed E-state index contributed by atoms with van der Waals surface area (Å²) in [6.45, 7) is 1.96. The third kappa shape index (κ3) is 5.18. The van der Waals surface area contributed by atoms with Crippen molar-refractivity contribution in [1.29, 1.82) is 0 Å². The number of aryl methyl sites for hydroxylation is 1. The second-order valence-electron chi connectivity index (χ2n) is 5.86. The van der Waals surface area contributed by atoms with Crippen molar-refractivity contribution in [1.82, 2.24) is 5.32 Å². The molecule has 0 aliphatic heterocycles. The lowest BCUT2D eigenvalue weighted by Gasteiger charge is -2.11. The largest absolute Gasteiger partial charge is 0.465 e. The van der Waals surface area contributed by atoms with Gasteiger partial charge in [-0.05, 0) is 49.4 Å². The summed E-state index contributed by atoms with van der Waals surface area (Å²) in [6, 6.07) is 17.7. The first-order valence-electron chi connectivity index (χ1n) is 8.21. The van der Waals surface area contributed by atoms with Crippen LogP contribution in [0.5, 0.6) is 0 Å². The van der Waals surface area contributed by atoms with Crippen LogP contribution >= 0.6 is 15.9 Å². The Kier molecular flexibility index (Phi) is 5.88. The Labute approximate surface area is 165 Å². The topological polar surface area (TPSA) is 71.3 Å². The lowest BCUT2D eigenvalue weighted by molar-refractivity contribution is -0.113. The summed E-state index contributed by atoms with van der Waals surface area (Å²) in [6.07, 6.45) is 2.98. The van der Waals surface area contributed by atoms with Gasteiger partial charge in [0, 0.05) is 21.8 Å². The molecule has 0 aliphatic carbocycles. The average molecular weight is 425 g/mol. The molecule has 0 radical (unpaired) electrons. The molecule has 0 aliphatic rings. The van der Waals surface area contributed by atoms with Crippen molar-refractivity contribution >= 4 is 39.5 Å². The number of amides is 2. The van der Waals surface area contributed by atoms with Crippen molar-refractivity contribution in [3.05, 3.63) is 94.0 Å². The van der Waals surface area contributed by atoms with Crippen LogP contribution < -0.4 is 10.6 Å². The molecule has 0 fully saturated rings. The van der Waals surface area contributed by atoms with Crippen LogP contribution in [-0.2, 0) is 4.79 Å². The summed E-state index contributed by atoms with van der Waals surface area (Å²) in [4.78, 5) is 25.3. The fourth-order valence-corrected chi connectivity index (χ4v) is 2.73. The molecule has 3 rings (SSSR count). The van der Waals surface area contributed by atoms with Gasteiger partial charge in [-0.2, -0.15) is 0 Å². The molecule has 2 N–H and O–H groups in total. The van der Waals surface area contributed by atoms with E-state index in [0.717, 1.165) is 10.0 Å². The van der Waals surface area contributed by atoms with Crippen LogP contribution in [0, 0.1) is 6.92 Å². The Morgan fingerprint density at radius 3 is 2.48 bits per heavy atom. The summed E-state index contributed by atoms with van der Waals surface area (Å²) in [5.41, 5.74) is 2.23. The Morgan fingerprint density at radius 2 is 1.81 bits per heavy atom. The number of hydrogen-bond donors (Lipinski definition) is 2. The molecule has 5 nitrogen and oxygen atoms in total. The van der Waals surface area contributed by atoms with Gasteiger partial charge in [0.25, 0.3) is 11.8 Å². The molecule has 136 valence electrons. The van der Waals surface area contributed by atoms with E-state index in [1.54, 1.807) is 42.5 Å². The van der Waals surface area contributed by atoms with Crippen LogP contribution in [0.3, 0.4) is 0 Å². The molecule has 3 aromatic rings. The lowest BCUT2D eigenvalue weighted by atomic mass is 10.2. The highest BCUT2D eigenvalue weighted by molar-refractivity contribution is 9.10. The third-order valence-corrected chi connectivity index (χ3v) is 4.21. The summed E-state index contributed by atoms with van der Waals surface area (Å²) < 4.78 is 6.05. The molecule has 1 aromatic heterocycles. The molecular formula is C21H17BrN2O3. The molecule has 0 unspecified atom stereocenters. The fraction of sp³-hybridized carbons (Fsp3) is 0.0476. The zero-order valence-electron chi connectivity index (χ0n) is 14.5. The second-order valence-corrected chi connectivity index (χ2v) is 6.77. The van der Waals surface area contributed by atoms with Crippen molar-refractivity contribution in [2.45, 2.75) is 6.92 Å². The van der Waals surface area contributed by atoms with E-state index in [4.69, 9.17) is 4.42 Å². The molecule has 0 saturated heterocycles. The smallest absolute Gasteiger partial charge is 0.272 e. The van der Waals surface area contributed by atoms with Gasteiger partial charge in [-0.25, -0.2) is 0 Å². The minimum atomic E-state index is -0.446. The molecule has 0 atom stereocenters. The SMILES string of the molecule is Cc1ccc(NC(=O)/C(=C\c2ccco2)NC(=O)c2cccc(Br)c2)cc1. The van der Waals surface area contributed by atoms with Crippen molar-refractivity contribution in [3.63, 3.8) is 0 Å². The van der Waals surface area contributed by atoms with Gasteiger partial charge in [-0.15, -0.1) is 0 Å². The fourth-order valence-electron chi connectivity index (χ4n) is 2.33. The van der Waals surface area contributed by atoms with E-state index in [-0.39, 0.29) is 5.70 Å². The molecule has 27 heavy (non-hydrogen) atoms. The number of hydrogen-bond acceptors (Lipinski definition) is 3. The van der Waals surface area contributed by atoms with Gasteiger partial charge >= 0.3 is 0 Å². The first-order chi connectivity index (χ1) is 13.0. The van der Waals surface area contributed by atoms with Gasteiger partial charge in [0.15, 0.2) is 0 Å². The number of anilines is 1. The standard InChI is InChI=1S/C21H17BrN2O3/c1-14-7-9-17(10-8-14)23-21(26)19(13-18-6-3-11-27-18)24-20(25)15-4-2-5-16(22)12-15/h2-13H,1H3,(H,23,26)(H,24,25)/b19-13+. The van der Waals surface area contributed by atoms with Gasteiger partial charge in [0.2, 0.25) is 0 Å². The highest BCUT2D eigenvalue weighted by atomic mass is 79.9. The van der Waals surface area contributed by atoms with Crippen LogP contribution in [0.15, 0.2) is 81.5 Å². The van der Waals surface area contributed by atoms with E-state index in [1.165, 1.54) is 12.3 Å². The number of benzene rings is 2. The average Bonchev–Trinajstić information content (AvgIpc) is 3.16. The maximum atomic E-state index is 12.7. The Morgan fingerprint density at radius 1 is 1.04 bits per heavy atom. The first-order valence-corrected chi connectivity index (χ1v) is 9.01. The zero-order valence-corrected chi connectivity index (χ0v) is 16.1. The molecule has 6 heteroatoms. The molecule has 2 aromatic carbocycles. The monoisotopic (exact) mass is 424 g/mol. The quantitative estimate of drug-likeness (QED) is 0.579. The van der Waals surface area contributed by atoms with E-state index < -0.39 is 11.8 Å². The molecular weight excluding hydrogens is 408 g/mol. The predicted octanol–water partition coefficient (Wildman–Crippen LogP) is 4.76. The molecule has 0 spiro atoms. The summed E-state index contributed by atoms with van der Waals surface area (Å²) in [5.74, 6) is -0.384. The van der Waals surface area contributed by atoms with Gasteiger partial charge in [0.1, 0.15) is 11.5 Å². The number of carbonyl (C=O) groups is 2. The highest BCUT2D eigenvalue weighted by Gasteiger charge is 2.16. The molecule has 2 amide bonds. The van der Waals surface area contributed by atoms with Crippen molar-refractivity contribution in [3.8, 4) is 0 Å². The van der Waals surface area contributed by atoms with E-state index >= 15 is 0 Å². The van der Waals surface area contributed by atoms with Crippen LogP contribution in [0.25, 0.3) is 6.08 Å². The highest BCUT2D eigenvalue weighted by Crippen LogP contribution is 2.14. The van der Waals surface area contributed by atoms with Crippen LogP contribution in [0.4, 0.5) is 5.69 Å². The number of nitrogens with one attached hydrogen (secondary N) is 2. The number of carbonyl (C=O) groups excluding carboxylic acids is 2. The van der Waals surface area contributed by atoms with Gasteiger partial charge < -0.3 is 15.1 Å². The Hall–Kier alpha value is -3.12. The summed E-state index contributed by atoms with van der Waals surface area (Å²) >= 11 is 3.34. The van der Waals surface area contributed by atoms with E-state index in [2.05, 4.69) is 26.6 Å². The van der Waals surface area contributed by atoms with Crippen LogP contribution in [-0.4, -0.2) is 11.8 Å². The van der Waals surface area contributed by atoms with Crippen LogP contribution in [0.1, 0.15) is 21.7 Å². The minimum Gasteiger partial charge on any atom is -0.465 e. The second kappa shape index (κ2) is 8.51. The predicted molar refractivity (Wildman–Crippen MR) is 108 cm³/mol.